The quantitative estimate of drug-likeness (QED) is 0.827. The van der Waals surface area contributed by atoms with Gasteiger partial charge in [-0.3, -0.25) is 9.59 Å². The zero-order valence-corrected chi connectivity index (χ0v) is 16.7. The van der Waals surface area contributed by atoms with Crippen molar-refractivity contribution in [1.29, 1.82) is 0 Å². The number of carbonyl (C=O) groups excluding carboxylic acids is 2. The van der Waals surface area contributed by atoms with Gasteiger partial charge in [0, 0.05) is 32.6 Å². The van der Waals surface area contributed by atoms with Gasteiger partial charge in [-0.25, -0.2) is 4.39 Å². The lowest BCUT2D eigenvalue weighted by Crippen LogP contribution is -2.49. The lowest BCUT2D eigenvalue weighted by atomic mass is 10.0. The van der Waals surface area contributed by atoms with Gasteiger partial charge in [0.15, 0.2) is 6.61 Å². The molecule has 0 radical (unpaired) electrons. The molecule has 2 aromatic rings. The van der Waals surface area contributed by atoms with Crippen molar-refractivity contribution in [2.24, 2.45) is 0 Å². The van der Waals surface area contributed by atoms with Crippen LogP contribution >= 0.6 is 12.4 Å². The topological polar surface area (TPSA) is 61.9 Å². The lowest BCUT2D eigenvalue weighted by molar-refractivity contribution is -0.134. The number of nitrogens with one attached hydrogen (secondary N) is 1. The molecule has 1 N–H and O–H groups in total. The van der Waals surface area contributed by atoms with E-state index >= 15 is 0 Å². The van der Waals surface area contributed by atoms with E-state index in [1.807, 2.05) is 30.3 Å². The molecule has 2 amide bonds. The number of amides is 2. The zero-order valence-electron chi connectivity index (χ0n) is 15.8. The SMILES string of the molecule is Cl.O=C1COc2ccccc2N1CCC(=O)N1CCNCC1c1cccc(F)c1. The fourth-order valence-electron chi connectivity index (χ4n) is 3.76. The van der Waals surface area contributed by atoms with Crippen molar-refractivity contribution < 1.29 is 18.7 Å². The van der Waals surface area contributed by atoms with Crippen LogP contribution in [0.2, 0.25) is 0 Å². The van der Waals surface area contributed by atoms with Crippen LogP contribution in [-0.4, -0.2) is 49.5 Å². The smallest absolute Gasteiger partial charge is 0.265 e. The second-order valence-electron chi connectivity index (χ2n) is 6.91. The van der Waals surface area contributed by atoms with E-state index in [0.29, 0.717) is 31.1 Å². The molecular weight excluding hydrogens is 397 g/mol. The van der Waals surface area contributed by atoms with Gasteiger partial charge in [-0.15, -0.1) is 12.4 Å². The largest absolute Gasteiger partial charge is 0.482 e. The third-order valence-corrected chi connectivity index (χ3v) is 5.15. The maximum atomic E-state index is 13.6. The van der Waals surface area contributed by atoms with Crippen molar-refractivity contribution in [1.82, 2.24) is 10.2 Å². The van der Waals surface area contributed by atoms with Crippen LogP contribution < -0.4 is 15.0 Å². The Morgan fingerprint density at radius 1 is 1.21 bits per heavy atom. The van der Waals surface area contributed by atoms with E-state index in [1.54, 1.807) is 15.9 Å². The second kappa shape index (κ2) is 9.24. The maximum absolute atomic E-state index is 13.6. The number of anilines is 1. The molecule has 0 aliphatic carbocycles. The van der Waals surface area contributed by atoms with E-state index < -0.39 is 0 Å². The van der Waals surface area contributed by atoms with E-state index in [-0.39, 0.29) is 55.7 Å². The number of piperazine rings is 1. The van der Waals surface area contributed by atoms with Gasteiger partial charge in [0.05, 0.1) is 11.7 Å². The number of ether oxygens (including phenoxy) is 1. The number of para-hydroxylation sites is 2. The molecule has 0 aromatic heterocycles. The molecule has 2 heterocycles. The van der Waals surface area contributed by atoms with Gasteiger partial charge in [-0.2, -0.15) is 0 Å². The standard InChI is InChI=1S/C21H22FN3O3.ClH/c22-16-5-3-4-15(12-16)18-13-23-9-11-25(18)20(26)8-10-24-17-6-1-2-7-19(17)28-14-21(24)27;/h1-7,12,18,23H,8-11,13-14H2;1H. The van der Waals surface area contributed by atoms with Gasteiger partial charge >= 0.3 is 0 Å². The molecule has 2 aliphatic heterocycles. The summed E-state index contributed by atoms with van der Waals surface area (Å²) in [7, 11) is 0. The summed E-state index contributed by atoms with van der Waals surface area (Å²) >= 11 is 0. The monoisotopic (exact) mass is 419 g/mol. The van der Waals surface area contributed by atoms with Crippen molar-refractivity contribution >= 4 is 29.9 Å². The highest BCUT2D eigenvalue weighted by Crippen LogP contribution is 2.32. The van der Waals surface area contributed by atoms with Crippen LogP contribution in [0.25, 0.3) is 0 Å². The van der Waals surface area contributed by atoms with Gasteiger partial charge in [0.25, 0.3) is 5.91 Å². The molecule has 2 aliphatic rings. The van der Waals surface area contributed by atoms with Gasteiger partial charge in [-0.05, 0) is 29.8 Å². The third-order valence-electron chi connectivity index (χ3n) is 5.15. The van der Waals surface area contributed by atoms with E-state index in [2.05, 4.69) is 5.32 Å². The molecule has 0 bridgehead atoms. The third kappa shape index (κ3) is 4.52. The highest BCUT2D eigenvalue weighted by molar-refractivity contribution is 5.98. The Morgan fingerprint density at radius 2 is 2.03 bits per heavy atom. The molecular formula is C21H23ClFN3O3. The molecule has 8 heteroatoms. The maximum Gasteiger partial charge on any atom is 0.265 e. The van der Waals surface area contributed by atoms with Crippen molar-refractivity contribution in [3.05, 3.63) is 59.9 Å². The number of hydrogen-bond acceptors (Lipinski definition) is 4. The molecule has 1 atom stereocenters. The summed E-state index contributed by atoms with van der Waals surface area (Å²) in [6.45, 7) is 2.08. The van der Waals surface area contributed by atoms with Crippen molar-refractivity contribution in [3.63, 3.8) is 0 Å². The Labute approximate surface area is 175 Å². The molecule has 0 spiro atoms. The average molecular weight is 420 g/mol. The van der Waals surface area contributed by atoms with Gasteiger partial charge in [0.1, 0.15) is 11.6 Å². The summed E-state index contributed by atoms with van der Waals surface area (Å²) in [5, 5.41) is 3.27. The fraction of sp³-hybridized carbons (Fsp3) is 0.333. The number of halogens is 2. The molecule has 29 heavy (non-hydrogen) atoms. The predicted octanol–water partition coefficient (Wildman–Crippen LogP) is 2.54. The molecule has 2 aromatic carbocycles. The van der Waals surface area contributed by atoms with Gasteiger partial charge in [-0.1, -0.05) is 24.3 Å². The first-order chi connectivity index (χ1) is 13.6. The van der Waals surface area contributed by atoms with Gasteiger partial charge in [0.2, 0.25) is 5.91 Å². The fourth-order valence-corrected chi connectivity index (χ4v) is 3.76. The lowest BCUT2D eigenvalue weighted by Gasteiger charge is -2.37. The minimum atomic E-state index is -0.314. The number of nitrogens with zero attached hydrogens (tertiary/aromatic N) is 2. The Morgan fingerprint density at radius 3 is 2.86 bits per heavy atom. The summed E-state index contributed by atoms with van der Waals surface area (Å²) < 4.78 is 19.1. The molecule has 1 saturated heterocycles. The predicted molar refractivity (Wildman–Crippen MR) is 110 cm³/mol. The molecule has 6 nitrogen and oxygen atoms in total. The summed E-state index contributed by atoms with van der Waals surface area (Å²) in [5.41, 5.74) is 1.46. The van der Waals surface area contributed by atoms with Crippen LogP contribution in [-0.2, 0) is 9.59 Å². The second-order valence-corrected chi connectivity index (χ2v) is 6.91. The van der Waals surface area contributed by atoms with Crippen LogP contribution in [0, 0.1) is 5.82 Å². The number of hydrogen-bond donors (Lipinski definition) is 1. The Hall–Kier alpha value is -2.64. The van der Waals surface area contributed by atoms with Crippen molar-refractivity contribution in [3.8, 4) is 5.75 Å². The van der Waals surface area contributed by atoms with Crippen molar-refractivity contribution in [2.45, 2.75) is 12.5 Å². The molecule has 1 fully saturated rings. The summed E-state index contributed by atoms with van der Waals surface area (Å²) in [5.74, 6) is 0.126. The summed E-state index contributed by atoms with van der Waals surface area (Å²) in [4.78, 5) is 28.6. The Kier molecular flexibility index (Phi) is 6.71. The number of benzene rings is 2. The first-order valence-corrected chi connectivity index (χ1v) is 9.41. The van der Waals surface area contributed by atoms with Crippen LogP contribution in [0.3, 0.4) is 0 Å². The number of rotatable bonds is 4. The molecule has 154 valence electrons. The van der Waals surface area contributed by atoms with E-state index in [0.717, 1.165) is 5.56 Å². The van der Waals surface area contributed by atoms with Crippen LogP contribution in [0.5, 0.6) is 5.75 Å². The van der Waals surface area contributed by atoms with Crippen LogP contribution in [0.4, 0.5) is 10.1 Å². The molecule has 0 saturated carbocycles. The highest BCUT2D eigenvalue weighted by atomic mass is 35.5. The highest BCUT2D eigenvalue weighted by Gasteiger charge is 2.30. The first-order valence-electron chi connectivity index (χ1n) is 9.41. The average Bonchev–Trinajstić information content (AvgIpc) is 2.73. The van der Waals surface area contributed by atoms with E-state index in [4.69, 9.17) is 4.74 Å². The summed E-state index contributed by atoms with van der Waals surface area (Å²) in [6.07, 6.45) is 0.200. The van der Waals surface area contributed by atoms with Crippen molar-refractivity contribution in [2.75, 3.05) is 37.7 Å². The normalized spacial score (nSPS) is 18.5. The zero-order chi connectivity index (χ0) is 19.5. The first kappa shape index (κ1) is 21.1. The Balaban J connectivity index is 0.00000240. The van der Waals surface area contributed by atoms with Crippen LogP contribution in [0.15, 0.2) is 48.5 Å². The summed E-state index contributed by atoms with van der Waals surface area (Å²) in [6, 6.07) is 13.5. The van der Waals surface area contributed by atoms with Gasteiger partial charge < -0.3 is 19.9 Å². The molecule has 4 rings (SSSR count). The number of fused-ring (bicyclic) bond motifs is 1. The van der Waals surface area contributed by atoms with E-state index in [1.165, 1.54) is 12.1 Å². The molecule has 1 unspecified atom stereocenters. The minimum absolute atomic E-state index is 0. The van der Waals surface area contributed by atoms with E-state index in [9.17, 15) is 14.0 Å². The minimum Gasteiger partial charge on any atom is -0.482 e. The Bertz CT molecular complexity index is 895. The number of carbonyl (C=O) groups is 2. The van der Waals surface area contributed by atoms with Crippen LogP contribution in [0.1, 0.15) is 18.0 Å².